The van der Waals surface area contributed by atoms with E-state index in [-0.39, 0.29) is 5.91 Å². The molecule has 0 unspecified atom stereocenters. The molecule has 29 heavy (non-hydrogen) atoms. The van der Waals surface area contributed by atoms with Crippen molar-refractivity contribution in [2.45, 2.75) is 33.9 Å². The van der Waals surface area contributed by atoms with Crippen molar-refractivity contribution in [2.24, 2.45) is 0 Å². The molecule has 0 spiro atoms. The van der Waals surface area contributed by atoms with Crippen LogP contribution >= 0.6 is 11.6 Å². The Morgan fingerprint density at radius 2 is 1.90 bits per heavy atom. The van der Waals surface area contributed by atoms with Gasteiger partial charge in [0, 0.05) is 6.54 Å². The Morgan fingerprint density at radius 1 is 1.17 bits per heavy atom. The minimum atomic E-state index is -0.314. The van der Waals surface area contributed by atoms with Crippen molar-refractivity contribution in [2.75, 3.05) is 19.5 Å². The van der Waals surface area contributed by atoms with Gasteiger partial charge in [-0.3, -0.25) is 14.2 Å². The van der Waals surface area contributed by atoms with E-state index in [1.165, 1.54) is 6.20 Å². The van der Waals surface area contributed by atoms with Gasteiger partial charge in [-0.05, 0) is 38.5 Å². The standard InChI is InChI=1S/C20H24ClN5O3/c1-6-25-19(15(21)10-22-25)20(27)23-18-12(2)24-26(13(18)3)11-14-7-8-16(28-4)17(9-14)29-5/h7-10H,6,11H2,1-5H3,(H,23,27). The summed E-state index contributed by atoms with van der Waals surface area (Å²) in [5.41, 5.74) is 3.55. The number of ether oxygens (including phenoxy) is 2. The molecule has 0 saturated heterocycles. The van der Waals surface area contributed by atoms with Gasteiger partial charge in [-0.25, -0.2) is 0 Å². The van der Waals surface area contributed by atoms with Crippen molar-refractivity contribution in [3.05, 3.63) is 52.1 Å². The summed E-state index contributed by atoms with van der Waals surface area (Å²) in [5.74, 6) is 1.01. The second kappa shape index (κ2) is 8.57. The Balaban J connectivity index is 1.85. The lowest BCUT2D eigenvalue weighted by Crippen LogP contribution is -2.18. The van der Waals surface area contributed by atoms with Gasteiger partial charge >= 0.3 is 0 Å². The highest BCUT2D eigenvalue weighted by Gasteiger charge is 2.21. The third-order valence-corrected chi connectivity index (χ3v) is 4.99. The first kappa shape index (κ1) is 20.7. The van der Waals surface area contributed by atoms with Gasteiger partial charge in [0.1, 0.15) is 5.69 Å². The average Bonchev–Trinajstić information content (AvgIpc) is 3.22. The number of hydrogen-bond donors (Lipinski definition) is 1. The van der Waals surface area contributed by atoms with Gasteiger partial charge in [0.15, 0.2) is 11.5 Å². The quantitative estimate of drug-likeness (QED) is 0.633. The van der Waals surface area contributed by atoms with Gasteiger partial charge in [0.2, 0.25) is 0 Å². The number of methoxy groups -OCH3 is 2. The lowest BCUT2D eigenvalue weighted by atomic mass is 10.2. The Kier molecular flexibility index (Phi) is 6.12. The predicted molar refractivity (Wildman–Crippen MR) is 111 cm³/mol. The minimum absolute atomic E-state index is 0.314. The Bertz CT molecular complexity index is 1040. The third-order valence-electron chi connectivity index (χ3n) is 4.71. The zero-order valence-electron chi connectivity index (χ0n) is 17.1. The van der Waals surface area contributed by atoms with Gasteiger partial charge in [0.25, 0.3) is 5.91 Å². The zero-order chi connectivity index (χ0) is 21.1. The van der Waals surface area contributed by atoms with Gasteiger partial charge in [0.05, 0.1) is 49.1 Å². The second-order valence-electron chi connectivity index (χ2n) is 6.50. The van der Waals surface area contributed by atoms with Crippen LogP contribution in [0.1, 0.15) is 34.4 Å². The van der Waals surface area contributed by atoms with Crippen LogP contribution in [0.2, 0.25) is 5.02 Å². The topological polar surface area (TPSA) is 83.2 Å². The van der Waals surface area contributed by atoms with Crippen LogP contribution in [-0.2, 0) is 13.1 Å². The van der Waals surface area contributed by atoms with E-state index in [2.05, 4.69) is 15.5 Å². The van der Waals surface area contributed by atoms with Crippen molar-refractivity contribution < 1.29 is 14.3 Å². The summed E-state index contributed by atoms with van der Waals surface area (Å²) in [7, 11) is 3.20. The Hall–Kier alpha value is -3.00. The molecule has 2 heterocycles. The van der Waals surface area contributed by atoms with Crippen LogP contribution in [0.3, 0.4) is 0 Å². The number of carbonyl (C=O) groups is 1. The summed E-state index contributed by atoms with van der Waals surface area (Å²) >= 11 is 6.14. The van der Waals surface area contributed by atoms with Crippen LogP contribution in [0.5, 0.6) is 11.5 Å². The highest BCUT2D eigenvalue weighted by Crippen LogP contribution is 2.29. The molecule has 0 radical (unpaired) electrons. The monoisotopic (exact) mass is 417 g/mol. The van der Waals surface area contributed by atoms with Gasteiger partial charge < -0.3 is 14.8 Å². The van der Waals surface area contributed by atoms with E-state index in [1.807, 2.05) is 43.7 Å². The van der Waals surface area contributed by atoms with Crippen molar-refractivity contribution in [3.8, 4) is 11.5 Å². The van der Waals surface area contributed by atoms with E-state index in [4.69, 9.17) is 21.1 Å². The summed E-state index contributed by atoms with van der Waals surface area (Å²) in [6, 6.07) is 5.72. The number of aryl methyl sites for hydroxylation is 2. The summed E-state index contributed by atoms with van der Waals surface area (Å²) in [5, 5.41) is 11.9. The summed E-state index contributed by atoms with van der Waals surface area (Å²) in [6.07, 6.45) is 1.47. The van der Waals surface area contributed by atoms with E-state index in [9.17, 15) is 4.79 Å². The van der Waals surface area contributed by atoms with Gasteiger partial charge in [-0.15, -0.1) is 0 Å². The van der Waals surface area contributed by atoms with Crippen molar-refractivity contribution in [3.63, 3.8) is 0 Å². The number of carbonyl (C=O) groups excluding carboxylic acids is 1. The van der Waals surface area contributed by atoms with Crippen LogP contribution < -0.4 is 14.8 Å². The molecule has 154 valence electrons. The number of aromatic nitrogens is 4. The molecule has 0 aliphatic carbocycles. The van der Waals surface area contributed by atoms with Gasteiger partial charge in [-0.2, -0.15) is 10.2 Å². The van der Waals surface area contributed by atoms with Crippen LogP contribution in [0.15, 0.2) is 24.4 Å². The van der Waals surface area contributed by atoms with E-state index in [0.29, 0.717) is 41.0 Å². The molecule has 1 N–H and O–H groups in total. The molecule has 0 atom stereocenters. The molecule has 0 fully saturated rings. The van der Waals surface area contributed by atoms with Crippen LogP contribution in [0, 0.1) is 13.8 Å². The first-order chi connectivity index (χ1) is 13.9. The molecule has 3 aromatic rings. The maximum atomic E-state index is 12.8. The van der Waals surface area contributed by atoms with Crippen LogP contribution in [0.25, 0.3) is 0 Å². The number of nitrogens with zero attached hydrogens (tertiary/aromatic N) is 4. The molecular formula is C20H24ClN5O3. The lowest BCUT2D eigenvalue weighted by Gasteiger charge is -2.11. The van der Waals surface area contributed by atoms with Crippen molar-refractivity contribution >= 4 is 23.2 Å². The lowest BCUT2D eigenvalue weighted by molar-refractivity contribution is 0.101. The number of halogens is 1. The normalized spacial score (nSPS) is 10.8. The minimum Gasteiger partial charge on any atom is -0.493 e. The molecule has 9 heteroatoms. The fourth-order valence-corrected chi connectivity index (χ4v) is 3.41. The molecule has 2 aromatic heterocycles. The smallest absolute Gasteiger partial charge is 0.275 e. The van der Waals surface area contributed by atoms with Crippen LogP contribution in [-0.4, -0.2) is 39.7 Å². The largest absolute Gasteiger partial charge is 0.493 e. The molecule has 8 nitrogen and oxygen atoms in total. The van der Waals surface area contributed by atoms with Crippen LogP contribution in [0.4, 0.5) is 5.69 Å². The maximum Gasteiger partial charge on any atom is 0.275 e. The summed E-state index contributed by atoms with van der Waals surface area (Å²) in [4.78, 5) is 12.8. The summed E-state index contributed by atoms with van der Waals surface area (Å²) < 4.78 is 14.1. The van der Waals surface area contributed by atoms with Crippen molar-refractivity contribution in [1.29, 1.82) is 0 Å². The number of rotatable bonds is 7. The molecule has 0 saturated carbocycles. The first-order valence-electron chi connectivity index (χ1n) is 9.17. The van der Waals surface area contributed by atoms with Crippen molar-refractivity contribution in [1.82, 2.24) is 19.6 Å². The first-order valence-corrected chi connectivity index (χ1v) is 9.54. The molecule has 0 aliphatic heterocycles. The molecule has 1 amide bonds. The number of anilines is 1. The molecule has 0 aliphatic rings. The predicted octanol–water partition coefficient (Wildman–Crippen LogP) is 3.69. The molecule has 3 rings (SSSR count). The average molecular weight is 418 g/mol. The zero-order valence-corrected chi connectivity index (χ0v) is 17.9. The number of nitrogens with one attached hydrogen (secondary N) is 1. The van der Waals surface area contributed by atoms with E-state index in [0.717, 1.165) is 17.0 Å². The highest BCUT2D eigenvalue weighted by atomic mass is 35.5. The Labute approximate surface area is 174 Å². The van der Waals surface area contributed by atoms with E-state index < -0.39 is 0 Å². The summed E-state index contributed by atoms with van der Waals surface area (Å²) in [6.45, 7) is 6.74. The fourth-order valence-electron chi connectivity index (χ4n) is 3.18. The molecule has 0 bridgehead atoms. The maximum absolute atomic E-state index is 12.8. The highest BCUT2D eigenvalue weighted by molar-refractivity contribution is 6.34. The SMILES string of the molecule is CCn1ncc(Cl)c1C(=O)Nc1c(C)nn(Cc2ccc(OC)c(OC)c2)c1C. The fraction of sp³-hybridized carbons (Fsp3) is 0.350. The Morgan fingerprint density at radius 3 is 2.55 bits per heavy atom. The number of amides is 1. The molecule has 1 aromatic carbocycles. The number of benzene rings is 1. The third kappa shape index (κ3) is 4.07. The van der Waals surface area contributed by atoms with E-state index in [1.54, 1.807) is 18.9 Å². The van der Waals surface area contributed by atoms with Gasteiger partial charge in [-0.1, -0.05) is 17.7 Å². The molecular weight excluding hydrogens is 394 g/mol. The second-order valence-corrected chi connectivity index (χ2v) is 6.91. The number of hydrogen-bond acceptors (Lipinski definition) is 5. The van der Waals surface area contributed by atoms with E-state index >= 15 is 0 Å².